The minimum atomic E-state index is -0.972. The maximum atomic E-state index is 13.2. The number of hydrogen-bond acceptors (Lipinski definition) is 7. The number of carbonyl (C=O) groups is 2. The first kappa shape index (κ1) is 23.4. The van der Waals surface area contributed by atoms with Gasteiger partial charge in [0.05, 0.1) is 27.8 Å². The molecule has 0 unspecified atom stereocenters. The maximum Gasteiger partial charge on any atom is 0.337 e. The zero-order valence-corrected chi connectivity index (χ0v) is 19.1. The van der Waals surface area contributed by atoms with Gasteiger partial charge >= 0.3 is 11.9 Å². The standard InChI is InChI=1S/C28H21NO6/c1-5-14-33-27(31)22-16(3)29-17(4)23(28(32)34-15-6-2)24(22)19-11-9-12-20-25(30)18-10-7-8-13-21(18)35-26(19)20/h1-2,7-13,24,29H,14-15H2,3-4H3. The Kier molecular flexibility index (Phi) is 6.44. The summed E-state index contributed by atoms with van der Waals surface area (Å²) in [6, 6.07) is 11.9. The van der Waals surface area contributed by atoms with Crippen molar-refractivity contribution in [3.05, 3.63) is 80.8 Å². The molecular weight excluding hydrogens is 446 g/mol. The summed E-state index contributed by atoms with van der Waals surface area (Å²) in [7, 11) is 0. The summed E-state index contributed by atoms with van der Waals surface area (Å²) >= 11 is 0. The summed E-state index contributed by atoms with van der Waals surface area (Å²) in [6.45, 7) is 2.86. The van der Waals surface area contributed by atoms with E-state index in [1.807, 2.05) is 0 Å². The van der Waals surface area contributed by atoms with Gasteiger partial charge < -0.3 is 19.2 Å². The molecule has 0 spiro atoms. The van der Waals surface area contributed by atoms with Gasteiger partial charge in [-0.25, -0.2) is 9.59 Å². The molecule has 2 heterocycles. The molecule has 0 amide bonds. The van der Waals surface area contributed by atoms with E-state index in [-0.39, 0.29) is 35.4 Å². The maximum absolute atomic E-state index is 13.2. The van der Waals surface area contributed by atoms with Crippen molar-refractivity contribution in [3.8, 4) is 24.7 Å². The highest BCUT2D eigenvalue weighted by Gasteiger charge is 2.39. The number of hydrogen-bond donors (Lipinski definition) is 1. The molecule has 1 N–H and O–H groups in total. The average molecular weight is 467 g/mol. The van der Waals surface area contributed by atoms with E-state index in [1.54, 1.807) is 56.3 Å². The molecule has 2 aromatic carbocycles. The number of terminal acetylenes is 2. The smallest absolute Gasteiger partial charge is 0.337 e. The fourth-order valence-corrected chi connectivity index (χ4v) is 4.29. The van der Waals surface area contributed by atoms with E-state index >= 15 is 0 Å². The largest absolute Gasteiger partial charge is 0.455 e. The minimum absolute atomic E-state index is 0.141. The molecule has 0 atom stereocenters. The average Bonchev–Trinajstić information content (AvgIpc) is 2.85. The van der Waals surface area contributed by atoms with Crippen LogP contribution in [0, 0.1) is 24.7 Å². The van der Waals surface area contributed by atoms with Gasteiger partial charge in [0.15, 0.2) is 13.2 Å². The fraction of sp³-hybridized carbons (Fsp3) is 0.179. The predicted molar refractivity (Wildman–Crippen MR) is 131 cm³/mol. The van der Waals surface area contributed by atoms with E-state index in [0.717, 1.165) is 0 Å². The molecule has 0 radical (unpaired) electrons. The van der Waals surface area contributed by atoms with Crippen molar-refractivity contribution in [2.75, 3.05) is 13.2 Å². The summed E-state index contributed by atoms with van der Waals surface area (Å²) in [5.41, 5.74) is 2.02. The second-order valence-electron chi connectivity index (χ2n) is 7.85. The van der Waals surface area contributed by atoms with Gasteiger partial charge in [-0.3, -0.25) is 4.79 Å². The summed E-state index contributed by atoms with van der Waals surface area (Å²) < 4.78 is 16.6. The van der Waals surface area contributed by atoms with E-state index in [4.69, 9.17) is 26.7 Å². The molecule has 0 saturated heterocycles. The number of rotatable bonds is 5. The van der Waals surface area contributed by atoms with Gasteiger partial charge in [0.1, 0.15) is 11.2 Å². The SMILES string of the molecule is C#CCOC(=O)C1=C(C)NC(C)=C(C(=O)OCC#C)C1c1cccc2c(=O)c3ccccc3oc12. The molecule has 1 aliphatic heterocycles. The van der Waals surface area contributed by atoms with E-state index < -0.39 is 17.9 Å². The Hall–Kier alpha value is -4.75. The topological polar surface area (TPSA) is 94.8 Å². The number of nitrogens with one attached hydrogen (secondary N) is 1. The highest BCUT2D eigenvalue weighted by Crippen LogP contribution is 2.42. The van der Waals surface area contributed by atoms with Crippen molar-refractivity contribution in [2.45, 2.75) is 19.8 Å². The first-order valence-corrected chi connectivity index (χ1v) is 10.7. The van der Waals surface area contributed by atoms with Crippen LogP contribution in [0.1, 0.15) is 25.3 Å². The van der Waals surface area contributed by atoms with E-state index in [1.165, 1.54) is 0 Å². The van der Waals surface area contributed by atoms with Crippen LogP contribution in [-0.2, 0) is 19.1 Å². The Balaban J connectivity index is 2.03. The second kappa shape index (κ2) is 9.62. The van der Waals surface area contributed by atoms with Crippen LogP contribution in [0.2, 0.25) is 0 Å². The summed E-state index contributed by atoms with van der Waals surface area (Å²) in [5.74, 6) is 2.12. The number of ether oxygens (including phenoxy) is 2. The molecule has 7 heteroatoms. The van der Waals surface area contributed by atoms with Crippen LogP contribution >= 0.6 is 0 Å². The van der Waals surface area contributed by atoms with Crippen LogP contribution in [0.4, 0.5) is 0 Å². The molecule has 7 nitrogen and oxygen atoms in total. The van der Waals surface area contributed by atoms with Crippen LogP contribution in [0.5, 0.6) is 0 Å². The van der Waals surface area contributed by atoms with Crippen molar-refractivity contribution >= 4 is 33.9 Å². The van der Waals surface area contributed by atoms with Gasteiger partial charge in [0.2, 0.25) is 5.43 Å². The lowest BCUT2D eigenvalue weighted by molar-refractivity contribution is -0.138. The van der Waals surface area contributed by atoms with Gasteiger partial charge in [-0.15, -0.1) is 12.8 Å². The van der Waals surface area contributed by atoms with Crippen molar-refractivity contribution < 1.29 is 23.5 Å². The third-order valence-corrected chi connectivity index (χ3v) is 5.72. The zero-order chi connectivity index (χ0) is 25.1. The third kappa shape index (κ3) is 4.16. The van der Waals surface area contributed by atoms with Crippen molar-refractivity contribution in [1.29, 1.82) is 0 Å². The van der Waals surface area contributed by atoms with Crippen molar-refractivity contribution in [2.24, 2.45) is 0 Å². The molecule has 0 saturated carbocycles. The molecule has 0 aliphatic carbocycles. The van der Waals surface area contributed by atoms with Crippen molar-refractivity contribution in [1.82, 2.24) is 5.32 Å². The van der Waals surface area contributed by atoms with Gasteiger partial charge in [-0.05, 0) is 32.0 Å². The number of benzene rings is 2. The lowest BCUT2D eigenvalue weighted by atomic mass is 9.79. The fourth-order valence-electron chi connectivity index (χ4n) is 4.29. The number of allylic oxidation sites excluding steroid dienone is 2. The first-order valence-electron chi connectivity index (χ1n) is 10.7. The van der Waals surface area contributed by atoms with Crippen LogP contribution in [-0.4, -0.2) is 25.2 Å². The Bertz CT molecular complexity index is 1520. The monoisotopic (exact) mass is 467 g/mol. The summed E-state index contributed by atoms with van der Waals surface area (Å²) in [4.78, 5) is 39.5. The van der Waals surface area contributed by atoms with Crippen LogP contribution < -0.4 is 10.7 Å². The number of esters is 2. The van der Waals surface area contributed by atoms with Crippen LogP contribution in [0.15, 0.2) is 74.2 Å². The molecule has 4 rings (SSSR count). The summed E-state index contributed by atoms with van der Waals surface area (Å²) in [6.07, 6.45) is 10.5. The summed E-state index contributed by atoms with van der Waals surface area (Å²) in [5, 5.41) is 3.77. The number of para-hydroxylation sites is 2. The Labute approximate surface area is 201 Å². The predicted octanol–water partition coefficient (Wildman–Crippen LogP) is 3.53. The van der Waals surface area contributed by atoms with Crippen molar-refractivity contribution in [3.63, 3.8) is 0 Å². The number of carbonyl (C=O) groups excluding carboxylic acids is 2. The Morgan fingerprint density at radius 1 is 0.914 bits per heavy atom. The quantitative estimate of drug-likeness (QED) is 0.348. The van der Waals surface area contributed by atoms with Gasteiger partial charge in [-0.1, -0.05) is 36.1 Å². The molecule has 35 heavy (non-hydrogen) atoms. The molecule has 1 aliphatic rings. The van der Waals surface area contributed by atoms with Crippen LogP contribution in [0.25, 0.3) is 21.9 Å². The molecule has 174 valence electrons. The first-order chi connectivity index (χ1) is 16.9. The molecule has 0 bridgehead atoms. The van der Waals surface area contributed by atoms with Crippen LogP contribution in [0.3, 0.4) is 0 Å². The minimum Gasteiger partial charge on any atom is -0.455 e. The number of fused-ring (bicyclic) bond motifs is 2. The zero-order valence-electron chi connectivity index (χ0n) is 19.1. The second-order valence-corrected chi connectivity index (χ2v) is 7.85. The van der Waals surface area contributed by atoms with E-state index in [2.05, 4.69) is 17.2 Å². The van der Waals surface area contributed by atoms with E-state index in [9.17, 15) is 14.4 Å². The van der Waals surface area contributed by atoms with Gasteiger partial charge in [-0.2, -0.15) is 0 Å². The highest BCUT2D eigenvalue weighted by molar-refractivity contribution is 6.02. The van der Waals surface area contributed by atoms with Gasteiger partial charge in [0.25, 0.3) is 0 Å². The lowest BCUT2D eigenvalue weighted by Gasteiger charge is -2.30. The van der Waals surface area contributed by atoms with Gasteiger partial charge in [0, 0.05) is 17.0 Å². The normalized spacial score (nSPS) is 13.8. The highest BCUT2D eigenvalue weighted by atomic mass is 16.5. The van der Waals surface area contributed by atoms with E-state index in [0.29, 0.717) is 33.3 Å². The Morgan fingerprint density at radius 3 is 2.09 bits per heavy atom. The third-order valence-electron chi connectivity index (χ3n) is 5.72. The molecular formula is C28H21NO6. The Morgan fingerprint density at radius 2 is 1.49 bits per heavy atom. The molecule has 3 aromatic rings. The molecule has 1 aromatic heterocycles. The number of dihydropyridines is 1. The molecule has 0 fully saturated rings. The lowest BCUT2D eigenvalue weighted by Crippen LogP contribution is -2.32.